The Morgan fingerprint density at radius 1 is 1.44 bits per heavy atom. The quantitative estimate of drug-likeness (QED) is 0.756. The van der Waals surface area contributed by atoms with Gasteiger partial charge in [-0.2, -0.15) is 0 Å². The molecule has 1 heterocycles. The summed E-state index contributed by atoms with van der Waals surface area (Å²) >= 11 is 0. The molecule has 2 fully saturated rings. The number of carbonyl (C=O) groups is 1. The number of nitrogens with zero attached hydrogens (tertiary/aromatic N) is 1. The van der Waals surface area contributed by atoms with Crippen molar-refractivity contribution in [3.05, 3.63) is 0 Å². The number of likely N-dealkylation sites (tertiary alicyclic amines) is 1. The minimum Gasteiger partial charge on any atom is -0.481 e. The monoisotopic (exact) mass is 255 g/mol. The minimum atomic E-state index is -0.664. The van der Waals surface area contributed by atoms with Crippen molar-refractivity contribution in [2.24, 2.45) is 11.8 Å². The Balaban J connectivity index is 1.82. The highest BCUT2D eigenvalue weighted by Crippen LogP contribution is 2.37. The van der Waals surface area contributed by atoms with E-state index in [1.807, 2.05) is 0 Å². The topological polar surface area (TPSA) is 49.8 Å². The molecule has 1 N–H and O–H groups in total. The Labute approximate surface area is 109 Å². The lowest BCUT2D eigenvalue weighted by Crippen LogP contribution is -2.46. The number of aliphatic carboxylic acids is 1. The highest BCUT2D eigenvalue weighted by molar-refractivity contribution is 5.66. The molecular weight excluding hydrogens is 230 g/mol. The Hall–Kier alpha value is -0.610. The molecular formula is C14H25NO3. The first kappa shape index (κ1) is 13.8. The van der Waals surface area contributed by atoms with Crippen LogP contribution >= 0.6 is 0 Å². The van der Waals surface area contributed by atoms with E-state index < -0.39 is 5.97 Å². The maximum Gasteiger partial charge on any atom is 0.303 e. The summed E-state index contributed by atoms with van der Waals surface area (Å²) in [6.07, 6.45) is 6.22. The lowest BCUT2D eigenvalue weighted by Gasteiger charge is -2.38. The van der Waals surface area contributed by atoms with Gasteiger partial charge in [-0.05, 0) is 50.5 Å². The van der Waals surface area contributed by atoms with Gasteiger partial charge in [0.25, 0.3) is 0 Å². The molecule has 2 aliphatic rings. The van der Waals surface area contributed by atoms with Gasteiger partial charge in [0.1, 0.15) is 0 Å². The Kier molecular flexibility index (Phi) is 5.01. The molecule has 1 aliphatic carbocycles. The van der Waals surface area contributed by atoms with Crippen molar-refractivity contribution in [3.8, 4) is 0 Å². The van der Waals surface area contributed by atoms with Gasteiger partial charge in [-0.15, -0.1) is 0 Å². The maximum atomic E-state index is 10.6. The molecule has 1 saturated carbocycles. The summed E-state index contributed by atoms with van der Waals surface area (Å²) in [6.45, 7) is 3.06. The van der Waals surface area contributed by atoms with Crippen molar-refractivity contribution in [1.82, 2.24) is 4.90 Å². The number of carboxylic acids is 1. The summed E-state index contributed by atoms with van der Waals surface area (Å²) in [6, 6.07) is 0.572. The normalized spacial score (nSPS) is 27.1. The van der Waals surface area contributed by atoms with Crippen LogP contribution in [0.2, 0.25) is 0 Å². The van der Waals surface area contributed by atoms with Gasteiger partial charge < -0.3 is 9.84 Å². The van der Waals surface area contributed by atoms with E-state index in [4.69, 9.17) is 9.84 Å². The predicted molar refractivity (Wildman–Crippen MR) is 69.6 cm³/mol. The fourth-order valence-electron chi connectivity index (χ4n) is 3.15. The number of rotatable bonds is 7. The van der Waals surface area contributed by atoms with Gasteiger partial charge in [-0.25, -0.2) is 0 Å². The molecule has 104 valence electrons. The molecule has 0 aromatic carbocycles. The van der Waals surface area contributed by atoms with Gasteiger partial charge >= 0.3 is 5.97 Å². The first-order valence-corrected chi connectivity index (χ1v) is 7.15. The standard InChI is InChI=1S/C14H25NO3/c1-18-10-13(12-5-6-12)15-8-2-3-11(9-15)4-7-14(16)17/h11-13H,2-10H2,1H3,(H,16,17). The molecule has 0 spiro atoms. The molecule has 1 saturated heterocycles. The number of hydrogen-bond acceptors (Lipinski definition) is 3. The first-order valence-electron chi connectivity index (χ1n) is 7.15. The Morgan fingerprint density at radius 3 is 2.83 bits per heavy atom. The zero-order valence-corrected chi connectivity index (χ0v) is 11.3. The second-order valence-corrected chi connectivity index (χ2v) is 5.80. The lowest BCUT2D eigenvalue weighted by molar-refractivity contribution is -0.137. The van der Waals surface area contributed by atoms with E-state index >= 15 is 0 Å². The number of methoxy groups -OCH3 is 1. The number of hydrogen-bond donors (Lipinski definition) is 1. The van der Waals surface area contributed by atoms with Crippen LogP contribution in [0.15, 0.2) is 0 Å². The predicted octanol–water partition coefficient (Wildman–Crippen LogP) is 1.99. The first-order chi connectivity index (χ1) is 8.70. The van der Waals surface area contributed by atoms with Gasteiger partial charge in [-0.3, -0.25) is 9.69 Å². The average Bonchev–Trinajstić information content (AvgIpc) is 3.18. The third-order valence-corrected chi connectivity index (χ3v) is 4.29. The summed E-state index contributed by atoms with van der Waals surface area (Å²) in [5.41, 5.74) is 0. The van der Waals surface area contributed by atoms with Crippen molar-refractivity contribution in [1.29, 1.82) is 0 Å². The summed E-state index contributed by atoms with van der Waals surface area (Å²) in [5.74, 6) is 0.721. The molecule has 2 atom stereocenters. The van der Waals surface area contributed by atoms with Crippen LogP contribution in [-0.2, 0) is 9.53 Å². The smallest absolute Gasteiger partial charge is 0.303 e. The van der Waals surface area contributed by atoms with Crippen LogP contribution in [0.5, 0.6) is 0 Å². The molecule has 0 bridgehead atoms. The third-order valence-electron chi connectivity index (χ3n) is 4.29. The zero-order valence-electron chi connectivity index (χ0n) is 11.3. The second kappa shape index (κ2) is 6.53. The van der Waals surface area contributed by atoms with Crippen molar-refractivity contribution in [3.63, 3.8) is 0 Å². The molecule has 0 amide bonds. The Morgan fingerprint density at radius 2 is 2.22 bits per heavy atom. The zero-order chi connectivity index (χ0) is 13.0. The molecule has 4 nitrogen and oxygen atoms in total. The van der Waals surface area contributed by atoms with Crippen LogP contribution in [0.4, 0.5) is 0 Å². The molecule has 4 heteroatoms. The average molecular weight is 255 g/mol. The molecule has 0 aromatic heterocycles. The molecule has 0 radical (unpaired) electrons. The van der Waals surface area contributed by atoms with Crippen LogP contribution in [0.1, 0.15) is 38.5 Å². The third kappa shape index (κ3) is 3.95. The van der Waals surface area contributed by atoms with Crippen molar-refractivity contribution in [2.45, 2.75) is 44.6 Å². The highest BCUT2D eigenvalue weighted by Gasteiger charge is 2.36. The summed E-state index contributed by atoms with van der Waals surface area (Å²) in [7, 11) is 1.78. The fraction of sp³-hybridized carbons (Fsp3) is 0.929. The SMILES string of the molecule is COCC(C1CC1)N1CCCC(CCC(=O)O)C1. The molecule has 0 aromatic rings. The van der Waals surface area contributed by atoms with Crippen LogP contribution in [0.3, 0.4) is 0 Å². The largest absolute Gasteiger partial charge is 0.481 e. The summed E-state index contributed by atoms with van der Waals surface area (Å²) in [5, 5.41) is 8.77. The summed E-state index contributed by atoms with van der Waals surface area (Å²) < 4.78 is 5.36. The van der Waals surface area contributed by atoms with Gasteiger partial charge in [0.05, 0.1) is 6.61 Å². The van der Waals surface area contributed by atoms with Crippen LogP contribution in [0.25, 0.3) is 0 Å². The minimum absolute atomic E-state index is 0.316. The van der Waals surface area contributed by atoms with Crippen molar-refractivity contribution in [2.75, 3.05) is 26.8 Å². The van der Waals surface area contributed by atoms with Gasteiger partial charge in [-0.1, -0.05) is 0 Å². The van der Waals surface area contributed by atoms with E-state index in [0.717, 1.165) is 32.0 Å². The summed E-state index contributed by atoms with van der Waals surface area (Å²) in [4.78, 5) is 13.2. The Bertz CT molecular complexity index is 278. The van der Waals surface area contributed by atoms with E-state index in [-0.39, 0.29) is 0 Å². The second-order valence-electron chi connectivity index (χ2n) is 5.80. The number of piperidine rings is 1. The lowest BCUT2D eigenvalue weighted by atomic mass is 9.92. The van der Waals surface area contributed by atoms with E-state index in [2.05, 4.69) is 4.90 Å². The van der Waals surface area contributed by atoms with Crippen LogP contribution in [-0.4, -0.2) is 48.8 Å². The van der Waals surface area contributed by atoms with Crippen molar-refractivity contribution >= 4 is 5.97 Å². The molecule has 1 aliphatic heterocycles. The number of carboxylic acid groups (broad SMARTS) is 1. The van der Waals surface area contributed by atoms with Crippen LogP contribution in [0, 0.1) is 11.8 Å². The van der Waals surface area contributed by atoms with Crippen LogP contribution < -0.4 is 0 Å². The van der Waals surface area contributed by atoms with Gasteiger partial charge in [0.2, 0.25) is 0 Å². The van der Waals surface area contributed by atoms with Crippen molar-refractivity contribution < 1.29 is 14.6 Å². The van der Waals surface area contributed by atoms with E-state index in [9.17, 15) is 4.79 Å². The van der Waals surface area contributed by atoms with E-state index in [1.54, 1.807) is 7.11 Å². The molecule has 2 rings (SSSR count). The van der Waals surface area contributed by atoms with E-state index in [1.165, 1.54) is 25.7 Å². The van der Waals surface area contributed by atoms with E-state index in [0.29, 0.717) is 18.4 Å². The number of ether oxygens (including phenoxy) is 1. The molecule has 18 heavy (non-hydrogen) atoms. The maximum absolute atomic E-state index is 10.6. The molecule has 2 unspecified atom stereocenters. The fourth-order valence-corrected chi connectivity index (χ4v) is 3.15. The van der Waals surface area contributed by atoms with Gasteiger partial charge in [0.15, 0.2) is 0 Å². The highest BCUT2D eigenvalue weighted by atomic mass is 16.5. The van der Waals surface area contributed by atoms with Gasteiger partial charge in [0, 0.05) is 26.1 Å².